The summed E-state index contributed by atoms with van der Waals surface area (Å²) in [7, 11) is 3.52. The third-order valence-corrected chi connectivity index (χ3v) is 4.46. The molecule has 116 valence electrons. The monoisotopic (exact) mass is 290 g/mol. The molecule has 21 heavy (non-hydrogen) atoms. The van der Waals surface area contributed by atoms with Crippen LogP contribution < -0.4 is 10.1 Å². The molecule has 1 atom stereocenters. The molecular formula is C17H26N2O2. The standard InChI is InChI=1S/C17H26N2O2/c1-13(15-10-6-7-11-16(15)21-3)19(2)17(20)12-18-14-8-4-5-9-14/h6-7,10-11,13-14,18H,4-5,8-9,12H2,1-3H3. The number of hydrogen-bond acceptors (Lipinski definition) is 3. The Balaban J connectivity index is 1.94. The average Bonchev–Trinajstić information content (AvgIpc) is 3.04. The molecule has 0 aromatic heterocycles. The van der Waals surface area contributed by atoms with Gasteiger partial charge < -0.3 is 15.0 Å². The molecule has 1 saturated carbocycles. The quantitative estimate of drug-likeness (QED) is 0.876. The molecule has 1 fully saturated rings. The van der Waals surface area contributed by atoms with Crippen LogP contribution in [-0.4, -0.2) is 37.6 Å². The van der Waals surface area contributed by atoms with Gasteiger partial charge in [0.1, 0.15) is 5.75 Å². The topological polar surface area (TPSA) is 41.6 Å². The predicted octanol–water partition coefficient (Wildman–Crippen LogP) is 2.75. The second kappa shape index (κ2) is 7.46. The zero-order chi connectivity index (χ0) is 15.2. The van der Waals surface area contributed by atoms with E-state index in [1.165, 1.54) is 25.7 Å². The lowest BCUT2D eigenvalue weighted by Crippen LogP contribution is -2.40. The molecule has 0 saturated heterocycles. The Morgan fingerprint density at radius 2 is 2.05 bits per heavy atom. The fourth-order valence-corrected chi connectivity index (χ4v) is 2.92. The number of amides is 1. The maximum atomic E-state index is 12.3. The first-order chi connectivity index (χ1) is 10.1. The fraction of sp³-hybridized carbons (Fsp3) is 0.588. The Hall–Kier alpha value is -1.55. The van der Waals surface area contributed by atoms with Gasteiger partial charge in [0, 0.05) is 18.7 Å². The van der Waals surface area contributed by atoms with Crippen molar-refractivity contribution >= 4 is 5.91 Å². The summed E-state index contributed by atoms with van der Waals surface area (Å²) in [6.07, 6.45) is 4.94. The lowest BCUT2D eigenvalue weighted by Gasteiger charge is -2.27. The smallest absolute Gasteiger partial charge is 0.236 e. The van der Waals surface area contributed by atoms with Crippen molar-refractivity contribution in [1.29, 1.82) is 0 Å². The summed E-state index contributed by atoms with van der Waals surface area (Å²) < 4.78 is 5.38. The van der Waals surface area contributed by atoms with Gasteiger partial charge in [0.15, 0.2) is 0 Å². The number of nitrogens with one attached hydrogen (secondary N) is 1. The maximum Gasteiger partial charge on any atom is 0.236 e. The molecule has 0 bridgehead atoms. The minimum atomic E-state index is -0.000900. The van der Waals surface area contributed by atoms with E-state index in [1.54, 1.807) is 12.0 Å². The minimum absolute atomic E-state index is 0.000900. The summed E-state index contributed by atoms with van der Waals surface area (Å²) in [4.78, 5) is 14.1. The highest BCUT2D eigenvalue weighted by Crippen LogP contribution is 2.28. The summed E-state index contributed by atoms with van der Waals surface area (Å²) in [5.41, 5.74) is 1.04. The number of carbonyl (C=O) groups excluding carboxylic acids is 1. The van der Waals surface area contributed by atoms with E-state index in [4.69, 9.17) is 4.74 Å². The molecule has 0 spiro atoms. The molecule has 4 nitrogen and oxygen atoms in total. The van der Waals surface area contributed by atoms with Crippen molar-refractivity contribution in [3.8, 4) is 5.75 Å². The number of nitrogens with zero attached hydrogens (tertiary/aromatic N) is 1. The number of para-hydroxylation sites is 1. The number of benzene rings is 1. The number of methoxy groups -OCH3 is 1. The lowest BCUT2D eigenvalue weighted by molar-refractivity contribution is -0.131. The molecule has 1 aliphatic rings. The van der Waals surface area contributed by atoms with Gasteiger partial charge in [0.05, 0.1) is 19.7 Å². The van der Waals surface area contributed by atoms with Crippen molar-refractivity contribution < 1.29 is 9.53 Å². The number of rotatable bonds is 6. The molecular weight excluding hydrogens is 264 g/mol. The number of carbonyl (C=O) groups is 1. The van der Waals surface area contributed by atoms with E-state index >= 15 is 0 Å². The molecule has 1 amide bonds. The second-order valence-electron chi connectivity index (χ2n) is 5.78. The van der Waals surface area contributed by atoms with Gasteiger partial charge in [-0.1, -0.05) is 31.0 Å². The van der Waals surface area contributed by atoms with E-state index in [0.29, 0.717) is 12.6 Å². The zero-order valence-electron chi connectivity index (χ0n) is 13.3. The first-order valence-corrected chi connectivity index (χ1v) is 7.75. The van der Waals surface area contributed by atoms with E-state index in [0.717, 1.165) is 11.3 Å². The Morgan fingerprint density at radius 3 is 2.71 bits per heavy atom. The largest absolute Gasteiger partial charge is 0.496 e. The van der Waals surface area contributed by atoms with Gasteiger partial charge in [-0.15, -0.1) is 0 Å². The molecule has 1 aromatic carbocycles. The van der Waals surface area contributed by atoms with Crippen molar-refractivity contribution in [2.24, 2.45) is 0 Å². The van der Waals surface area contributed by atoms with Gasteiger partial charge in [0.2, 0.25) is 5.91 Å². The molecule has 0 heterocycles. The van der Waals surface area contributed by atoms with Gasteiger partial charge in [-0.2, -0.15) is 0 Å². The van der Waals surface area contributed by atoms with Crippen LogP contribution in [0.3, 0.4) is 0 Å². The number of likely N-dealkylation sites (N-methyl/N-ethyl adjacent to an activating group) is 1. The Morgan fingerprint density at radius 1 is 1.38 bits per heavy atom. The van der Waals surface area contributed by atoms with Crippen LogP contribution in [-0.2, 0) is 4.79 Å². The molecule has 0 radical (unpaired) electrons. The Labute approximate surface area is 127 Å². The van der Waals surface area contributed by atoms with Crippen molar-refractivity contribution in [1.82, 2.24) is 10.2 Å². The van der Waals surface area contributed by atoms with Crippen LogP contribution in [0.4, 0.5) is 0 Å². The summed E-state index contributed by atoms with van der Waals surface area (Å²) in [6.45, 7) is 2.45. The first kappa shape index (κ1) is 15.8. The molecule has 2 rings (SSSR count). The minimum Gasteiger partial charge on any atom is -0.496 e. The van der Waals surface area contributed by atoms with Gasteiger partial charge >= 0.3 is 0 Å². The van der Waals surface area contributed by atoms with Crippen LogP contribution in [0.2, 0.25) is 0 Å². The summed E-state index contributed by atoms with van der Waals surface area (Å²) in [5, 5.41) is 3.37. The van der Waals surface area contributed by atoms with Crippen LogP contribution >= 0.6 is 0 Å². The SMILES string of the molecule is COc1ccccc1C(C)N(C)C(=O)CNC1CCCC1. The molecule has 0 aliphatic heterocycles. The average molecular weight is 290 g/mol. The van der Waals surface area contributed by atoms with Gasteiger partial charge in [0.25, 0.3) is 0 Å². The molecule has 4 heteroatoms. The summed E-state index contributed by atoms with van der Waals surface area (Å²) in [6, 6.07) is 8.38. The van der Waals surface area contributed by atoms with Gasteiger partial charge in [-0.25, -0.2) is 0 Å². The molecule has 1 aliphatic carbocycles. The van der Waals surface area contributed by atoms with Crippen molar-refractivity contribution in [2.75, 3.05) is 20.7 Å². The van der Waals surface area contributed by atoms with Crippen LogP contribution in [0.1, 0.15) is 44.2 Å². The predicted molar refractivity (Wildman–Crippen MR) is 84.4 cm³/mol. The van der Waals surface area contributed by atoms with Crippen LogP contribution in [0.15, 0.2) is 24.3 Å². The van der Waals surface area contributed by atoms with E-state index in [-0.39, 0.29) is 11.9 Å². The van der Waals surface area contributed by atoms with Crippen LogP contribution in [0, 0.1) is 0 Å². The normalized spacial score (nSPS) is 16.7. The molecule has 1 aromatic rings. The highest BCUT2D eigenvalue weighted by atomic mass is 16.5. The highest BCUT2D eigenvalue weighted by Gasteiger charge is 2.21. The molecule has 1 N–H and O–H groups in total. The number of ether oxygens (including phenoxy) is 1. The Kier molecular flexibility index (Phi) is 5.62. The first-order valence-electron chi connectivity index (χ1n) is 7.75. The summed E-state index contributed by atoms with van der Waals surface area (Å²) in [5.74, 6) is 0.953. The van der Waals surface area contributed by atoms with Crippen LogP contribution in [0.25, 0.3) is 0 Å². The van der Waals surface area contributed by atoms with Crippen LogP contribution in [0.5, 0.6) is 5.75 Å². The van der Waals surface area contributed by atoms with Crippen molar-refractivity contribution in [2.45, 2.75) is 44.7 Å². The van der Waals surface area contributed by atoms with Gasteiger partial charge in [-0.05, 0) is 25.8 Å². The van der Waals surface area contributed by atoms with E-state index in [2.05, 4.69) is 5.32 Å². The van der Waals surface area contributed by atoms with Crippen molar-refractivity contribution in [3.05, 3.63) is 29.8 Å². The molecule has 1 unspecified atom stereocenters. The maximum absolute atomic E-state index is 12.3. The zero-order valence-corrected chi connectivity index (χ0v) is 13.3. The fourth-order valence-electron chi connectivity index (χ4n) is 2.92. The second-order valence-corrected chi connectivity index (χ2v) is 5.78. The van der Waals surface area contributed by atoms with Gasteiger partial charge in [-0.3, -0.25) is 4.79 Å². The lowest BCUT2D eigenvalue weighted by atomic mass is 10.1. The van der Waals surface area contributed by atoms with E-state index in [1.807, 2.05) is 38.2 Å². The highest BCUT2D eigenvalue weighted by molar-refractivity contribution is 5.78. The Bertz CT molecular complexity index is 470. The third-order valence-electron chi connectivity index (χ3n) is 4.46. The van der Waals surface area contributed by atoms with E-state index in [9.17, 15) is 4.79 Å². The summed E-state index contributed by atoms with van der Waals surface area (Å²) >= 11 is 0. The van der Waals surface area contributed by atoms with Crippen molar-refractivity contribution in [3.63, 3.8) is 0 Å². The van der Waals surface area contributed by atoms with E-state index < -0.39 is 0 Å². The third kappa shape index (κ3) is 3.97. The number of hydrogen-bond donors (Lipinski definition) is 1.